The molecule has 3 amide bonds. The third kappa shape index (κ3) is 3.90. The van der Waals surface area contributed by atoms with Gasteiger partial charge in [-0.2, -0.15) is 0 Å². The van der Waals surface area contributed by atoms with Crippen LogP contribution in [0.5, 0.6) is 0 Å². The van der Waals surface area contributed by atoms with E-state index in [1.165, 1.54) is 0 Å². The van der Waals surface area contributed by atoms with Crippen molar-refractivity contribution >= 4 is 23.4 Å². The average Bonchev–Trinajstić information content (AvgIpc) is 3.28. The lowest BCUT2D eigenvalue weighted by Crippen LogP contribution is -2.56. The van der Waals surface area contributed by atoms with Gasteiger partial charge in [-0.1, -0.05) is 25.1 Å². The Balaban J connectivity index is 1.69. The molecule has 3 heterocycles. The first-order valence-corrected chi connectivity index (χ1v) is 12.4. The van der Waals surface area contributed by atoms with Gasteiger partial charge in [0, 0.05) is 24.9 Å². The van der Waals surface area contributed by atoms with Gasteiger partial charge in [-0.05, 0) is 64.5 Å². The van der Waals surface area contributed by atoms with Crippen LogP contribution in [0.25, 0.3) is 0 Å². The van der Waals surface area contributed by atoms with Crippen LogP contribution < -0.4 is 10.6 Å². The normalized spacial score (nSPS) is 33.9. The van der Waals surface area contributed by atoms with E-state index < -0.39 is 29.1 Å². The molecular formula is C26H37N3O5. The van der Waals surface area contributed by atoms with E-state index in [1.807, 2.05) is 58.0 Å². The Bertz CT molecular complexity index is 938. The number of anilines is 1. The van der Waals surface area contributed by atoms with Crippen molar-refractivity contribution in [2.24, 2.45) is 17.8 Å². The van der Waals surface area contributed by atoms with Crippen LogP contribution in [0.15, 0.2) is 30.3 Å². The van der Waals surface area contributed by atoms with Crippen LogP contribution in [0.4, 0.5) is 5.69 Å². The zero-order valence-corrected chi connectivity index (χ0v) is 20.5. The number of hydrogen-bond acceptors (Lipinski definition) is 5. The van der Waals surface area contributed by atoms with Crippen LogP contribution in [0, 0.1) is 17.8 Å². The Morgan fingerprint density at radius 2 is 1.88 bits per heavy atom. The molecule has 1 aromatic carbocycles. The third-order valence-corrected chi connectivity index (χ3v) is 7.87. The lowest BCUT2D eigenvalue weighted by molar-refractivity contribution is -0.146. The Labute approximate surface area is 201 Å². The second-order valence-corrected chi connectivity index (χ2v) is 10.5. The van der Waals surface area contributed by atoms with Crippen molar-refractivity contribution in [2.45, 2.75) is 76.7 Å². The van der Waals surface area contributed by atoms with Crippen LogP contribution in [-0.4, -0.2) is 64.2 Å². The minimum absolute atomic E-state index is 0.00626. The largest absolute Gasteiger partial charge is 0.396 e. The molecule has 4 rings (SSSR count). The predicted molar refractivity (Wildman–Crippen MR) is 128 cm³/mol. The lowest BCUT2D eigenvalue weighted by atomic mass is 9.62. The fraction of sp³-hybridized carbons (Fsp3) is 0.654. The maximum Gasteiger partial charge on any atom is 0.246 e. The summed E-state index contributed by atoms with van der Waals surface area (Å²) in [6.45, 7) is 8.23. The Morgan fingerprint density at radius 3 is 2.53 bits per heavy atom. The highest BCUT2D eigenvalue weighted by Gasteiger charge is 2.79. The first-order chi connectivity index (χ1) is 16.2. The van der Waals surface area contributed by atoms with Gasteiger partial charge in [-0.15, -0.1) is 0 Å². The van der Waals surface area contributed by atoms with Crippen molar-refractivity contribution in [2.75, 3.05) is 18.5 Å². The van der Waals surface area contributed by atoms with E-state index in [2.05, 4.69) is 10.6 Å². The van der Waals surface area contributed by atoms with Crippen molar-refractivity contribution in [1.82, 2.24) is 10.2 Å². The van der Waals surface area contributed by atoms with Gasteiger partial charge in [0.2, 0.25) is 17.7 Å². The number of amides is 3. The molecule has 8 heteroatoms. The molecule has 0 radical (unpaired) electrons. The van der Waals surface area contributed by atoms with Gasteiger partial charge in [0.05, 0.1) is 17.4 Å². The lowest BCUT2D eigenvalue weighted by Gasteiger charge is -2.36. The van der Waals surface area contributed by atoms with Crippen LogP contribution in [-0.2, 0) is 19.1 Å². The van der Waals surface area contributed by atoms with Crippen LogP contribution in [0.1, 0.15) is 53.4 Å². The van der Waals surface area contributed by atoms with Crippen molar-refractivity contribution in [3.63, 3.8) is 0 Å². The number of para-hydroxylation sites is 1. The highest BCUT2D eigenvalue weighted by atomic mass is 16.5. The number of aliphatic hydroxyl groups excluding tert-OH is 1. The summed E-state index contributed by atoms with van der Waals surface area (Å²) in [5.74, 6) is -2.05. The zero-order chi connectivity index (χ0) is 24.7. The number of likely N-dealkylation sites (tertiary alicyclic amines) is 1. The van der Waals surface area contributed by atoms with E-state index in [-0.39, 0.29) is 36.3 Å². The van der Waals surface area contributed by atoms with E-state index in [0.29, 0.717) is 31.5 Å². The molecule has 0 aromatic heterocycles. The minimum atomic E-state index is -1.03. The van der Waals surface area contributed by atoms with Crippen molar-refractivity contribution in [3.05, 3.63) is 30.3 Å². The van der Waals surface area contributed by atoms with E-state index in [4.69, 9.17) is 9.84 Å². The first-order valence-electron chi connectivity index (χ1n) is 12.4. The fourth-order valence-electron chi connectivity index (χ4n) is 6.36. The number of benzene rings is 1. The summed E-state index contributed by atoms with van der Waals surface area (Å²) in [4.78, 5) is 42.6. The molecule has 3 unspecified atom stereocenters. The number of carbonyl (C=O) groups is 3. The van der Waals surface area contributed by atoms with Crippen LogP contribution in [0.2, 0.25) is 0 Å². The molecule has 1 aromatic rings. The molecule has 6 atom stereocenters. The smallest absolute Gasteiger partial charge is 0.246 e. The quantitative estimate of drug-likeness (QED) is 0.479. The van der Waals surface area contributed by atoms with Gasteiger partial charge in [0.15, 0.2) is 0 Å². The fourth-order valence-corrected chi connectivity index (χ4v) is 6.36. The summed E-state index contributed by atoms with van der Waals surface area (Å²) in [5, 5.41) is 15.1. The molecule has 2 bridgehead atoms. The van der Waals surface area contributed by atoms with Gasteiger partial charge < -0.3 is 25.4 Å². The zero-order valence-electron chi connectivity index (χ0n) is 20.5. The number of unbranched alkanes of at least 4 members (excludes halogenated alkanes) is 2. The van der Waals surface area contributed by atoms with Gasteiger partial charge in [-0.25, -0.2) is 0 Å². The van der Waals surface area contributed by atoms with Crippen molar-refractivity contribution in [3.8, 4) is 0 Å². The first kappa shape index (κ1) is 24.7. The number of fused-ring (bicyclic) bond motifs is 1. The van der Waals surface area contributed by atoms with E-state index in [9.17, 15) is 14.4 Å². The molecule has 0 aliphatic carbocycles. The van der Waals surface area contributed by atoms with Crippen molar-refractivity contribution in [1.29, 1.82) is 0 Å². The number of nitrogens with one attached hydrogen (secondary N) is 2. The Hall–Kier alpha value is -2.45. The Morgan fingerprint density at radius 1 is 1.18 bits per heavy atom. The molecule has 186 valence electrons. The summed E-state index contributed by atoms with van der Waals surface area (Å²) in [6, 6.07) is 8.34. The molecule has 3 aliphatic heterocycles. The number of aliphatic hydroxyl groups is 1. The summed E-state index contributed by atoms with van der Waals surface area (Å²) >= 11 is 0. The number of carbonyl (C=O) groups excluding carboxylic acids is 3. The maximum atomic E-state index is 13.9. The van der Waals surface area contributed by atoms with Gasteiger partial charge in [-0.3, -0.25) is 14.4 Å². The standard InChI is InChI=1S/C26H37N3O5/c1-16(2)27-23(32)21-26-15-17(3)25(4,34-26)19(22(31)28-18-11-7-5-8-12-18)20(26)24(33)29(21)13-9-6-10-14-30/h5,7-8,11-12,16-17,19-21,30H,6,9-10,13-15H2,1-4H3,(H,27,32)(H,28,31)/t17?,19-,20-,21?,25+,26?/m0/s1. The SMILES string of the molecule is CC(C)NC(=O)C1N(CCCCCO)C(=O)[C@@H]2[C@@H](C(=O)Nc3ccccc3)[C@]3(C)OC12CC3C. The molecule has 1 spiro atoms. The topological polar surface area (TPSA) is 108 Å². The molecule has 3 fully saturated rings. The predicted octanol–water partition coefficient (Wildman–Crippen LogP) is 2.32. The van der Waals surface area contributed by atoms with Crippen molar-refractivity contribution < 1.29 is 24.2 Å². The van der Waals surface area contributed by atoms with Gasteiger partial charge >= 0.3 is 0 Å². The molecule has 3 N–H and O–H groups in total. The number of nitrogens with zero attached hydrogens (tertiary/aromatic N) is 1. The monoisotopic (exact) mass is 471 g/mol. The molecule has 34 heavy (non-hydrogen) atoms. The second kappa shape index (κ2) is 9.30. The van der Waals surface area contributed by atoms with Gasteiger partial charge in [0.25, 0.3) is 0 Å². The highest BCUT2D eigenvalue weighted by Crippen LogP contribution is 2.65. The third-order valence-electron chi connectivity index (χ3n) is 7.87. The minimum Gasteiger partial charge on any atom is -0.396 e. The van der Waals surface area contributed by atoms with E-state index in [0.717, 1.165) is 6.42 Å². The van der Waals surface area contributed by atoms with E-state index >= 15 is 0 Å². The summed E-state index contributed by atoms with van der Waals surface area (Å²) in [6.07, 6.45) is 2.63. The summed E-state index contributed by atoms with van der Waals surface area (Å²) < 4.78 is 6.67. The number of hydrogen-bond donors (Lipinski definition) is 3. The summed E-state index contributed by atoms with van der Waals surface area (Å²) in [7, 11) is 0. The van der Waals surface area contributed by atoms with Crippen LogP contribution in [0.3, 0.4) is 0 Å². The van der Waals surface area contributed by atoms with Crippen LogP contribution >= 0.6 is 0 Å². The molecule has 0 saturated carbocycles. The highest BCUT2D eigenvalue weighted by molar-refractivity contribution is 6.02. The maximum absolute atomic E-state index is 13.9. The Kier molecular flexibility index (Phi) is 6.75. The molecule has 3 aliphatic rings. The van der Waals surface area contributed by atoms with E-state index in [1.54, 1.807) is 4.90 Å². The summed E-state index contributed by atoms with van der Waals surface area (Å²) in [5.41, 5.74) is -1.20. The van der Waals surface area contributed by atoms with Gasteiger partial charge in [0.1, 0.15) is 11.6 Å². The molecule has 8 nitrogen and oxygen atoms in total. The second-order valence-electron chi connectivity index (χ2n) is 10.5. The number of rotatable bonds is 9. The number of ether oxygens (including phenoxy) is 1. The molecular weight excluding hydrogens is 434 g/mol. The average molecular weight is 472 g/mol. The molecule has 3 saturated heterocycles.